The van der Waals surface area contributed by atoms with E-state index >= 15 is 0 Å². The molecule has 1 saturated carbocycles. The average molecular weight is 256 g/mol. The van der Waals surface area contributed by atoms with Gasteiger partial charge in [0.25, 0.3) is 0 Å². The van der Waals surface area contributed by atoms with Crippen molar-refractivity contribution in [3.05, 3.63) is 36.0 Å². The summed E-state index contributed by atoms with van der Waals surface area (Å²) in [5.41, 5.74) is 1.28. The molecule has 1 aliphatic carbocycles. The fourth-order valence-corrected chi connectivity index (χ4v) is 3.10. The minimum absolute atomic E-state index is 0.181. The zero-order chi connectivity index (χ0) is 13.1. The molecule has 1 saturated heterocycles. The highest BCUT2D eigenvalue weighted by molar-refractivity contribution is 5.97. The van der Waals surface area contributed by atoms with E-state index in [1.54, 1.807) is 11.1 Å². The molecule has 0 spiro atoms. The van der Waals surface area contributed by atoms with Gasteiger partial charge in [-0.05, 0) is 36.5 Å². The van der Waals surface area contributed by atoms with E-state index in [4.69, 9.17) is 0 Å². The third-order valence-corrected chi connectivity index (χ3v) is 4.09. The fourth-order valence-electron chi connectivity index (χ4n) is 3.10. The minimum atomic E-state index is 0.181. The van der Waals surface area contributed by atoms with Crippen LogP contribution in [0.3, 0.4) is 0 Å². The molecule has 0 unspecified atom stereocenters. The lowest BCUT2D eigenvalue weighted by Crippen LogP contribution is -2.24. The standard InChI is InChI=1S/C16H20N2O/c19-16-11-14(10-13-6-2-1-3-7-13)12-18(16)15-8-4-5-9-17-15/h4-5,8-10,13H,1-3,6-7,11-12H2/b14-10-. The number of aromatic nitrogens is 1. The van der Waals surface area contributed by atoms with Gasteiger partial charge in [0.15, 0.2) is 0 Å². The highest BCUT2D eigenvalue weighted by atomic mass is 16.2. The molecule has 19 heavy (non-hydrogen) atoms. The van der Waals surface area contributed by atoms with Crippen LogP contribution in [0.5, 0.6) is 0 Å². The van der Waals surface area contributed by atoms with Crippen molar-refractivity contribution in [1.82, 2.24) is 4.98 Å². The molecular formula is C16H20N2O. The Balaban J connectivity index is 1.71. The predicted octanol–water partition coefficient (Wildman–Crippen LogP) is 3.33. The van der Waals surface area contributed by atoms with Gasteiger partial charge >= 0.3 is 0 Å². The lowest BCUT2D eigenvalue weighted by atomic mass is 9.88. The van der Waals surface area contributed by atoms with Crippen LogP contribution in [-0.2, 0) is 4.79 Å². The van der Waals surface area contributed by atoms with Gasteiger partial charge < -0.3 is 0 Å². The molecule has 0 radical (unpaired) electrons. The Bertz CT molecular complexity index is 475. The summed E-state index contributed by atoms with van der Waals surface area (Å²) in [6.45, 7) is 0.729. The number of carbonyl (C=O) groups is 1. The van der Waals surface area contributed by atoms with Gasteiger partial charge in [-0.25, -0.2) is 4.98 Å². The van der Waals surface area contributed by atoms with Crippen LogP contribution in [0.1, 0.15) is 38.5 Å². The molecule has 0 aromatic carbocycles. The largest absolute Gasteiger partial charge is 0.292 e. The van der Waals surface area contributed by atoms with Crippen LogP contribution in [0.15, 0.2) is 36.0 Å². The van der Waals surface area contributed by atoms with E-state index in [9.17, 15) is 4.79 Å². The topological polar surface area (TPSA) is 33.2 Å². The van der Waals surface area contributed by atoms with E-state index in [1.165, 1.54) is 37.7 Å². The maximum absolute atomic E-state index is 12.1. The van der Waals surface area contributed by atoms with E-state index in [0.29, 0.717) is 12.3 Å². The van der Waals surface area contributed by atoms with E-state index < -0.39 is 0 Å². The summed E-state index contributed by atoms with van der Waals surface area (Å²) in [5, 5.41) is 0. The Hall–Kier alpha value is -1.64. The number of hydrogen-bond donors (Lipinski definition) is 0. The number of anilines is 1. The van der Waals surface area contributed by atoms with Crippen molar-refractivity contribution in [1.29, 1.82) is 0 Å². The predicted molar refractivity (Wildman–Crippen MR) is 75.9 cm³/mol. The lowest BCUT2D eigenvalue weighted by Gasteiger charge is -2.19. The van der Waals surface area contributed by atoms with Crippen LogP contribution in [0.25, 0.3) is 0 Å². The summed E-state index contributed by atoms with van der Waals surface area (Å²) in [5.74, 6) is 1.65. The van der Waals surface area contributed by atoms with Crippen molar-refractivity contribution in [2.45, 2.75) is 38.5 Å². The maximum atomic E-state index is 12.1. The molecule has 2 heterocycles. The molecule has 2 aliphatic rings. The summed E-state index contributed by atoms with van der Waals surface area (Å²) in [7, 11) is 0. The molecule has 3 rings (SSSR count). The van der Waals surface area contributed by atoms with Crippen molar-refractivity contribution in [2.24, 2.45) is 5.92 Å². The molecule has 0 bridgehead atoms. The average Bonchev–Trinajstić information content (AvgIpc) is 2.82. The first-order chi connectivity index (χ1) is 9.33. The summed E-state index contributed by atoms with van der Waals surface area (Å²) >= 11 is 0. The number of amides is 1. The molecule has 100 valence electrons. The fraction of sp³-hybridized carbons (Fsp3) is 0.500. The van der Waals surface area contributed by atoms with Crippen LogP contribution in [0, 0.1) is 5.92 Å². The Morgan fingerprint density at radius 3 is 2.79 bits per heavy atom. The first kappa shape index (κ1) is 12.4. The van der Waals surface area contributed by atoms with Crippen LogP contribution in [0.4, 0.5) is 5.82 Å². The number of pyridine rings is 1. The highest BCUT2D eigenvalue weighted by Gasteiger charge is 2.27. The molecule has 1 aromatic heterocycles. The number of hydrogen-bond acceptors (Lipinski definition) is 2. The highest BCUT2D eigenvalue weighted by Crippen LogP contribution is 2.29. The molecule has 3 heteroatoms. The van der Waals surface area contributed by atoms with Crippen molar-refractivity contribution >= 4 is 11.7 Å². The SMILES string of the molecule is O=C1C/C(=C/C2CCCCC2)CN1c1ccccn1. The van der Waals surface area contributed by atoms with Gasteiger partial charge in [0.2, 0.25) is 5.91 Å². The number of rotatable bonds is 2. The van der Waals surface area contributed by atoms with E-state index in [0.717, 1.165) is 12.4 Å². The quantitative estimate of drug-likeness (QED) is 0.760. The Morgan fingerprint density at radius 1 is 1.21 bits per heavy atom. The number of allylic oxidation sites excluding steroid dienone is 1. The third-order valence-electron chi connectivity index (χ3n) is 4.09. The summed E-state index contributed by atoms with van der Waals surface area (Å²) < 4.78 is 0. The Kier molecular flexibility index (Phi) is 3.62. The van der Waals surface area contributed by atoms with Crippen molar-refractivity contribution in [3.63, 3.8) is 0 Å². The first-order valence-corrected chi connectivity index (χ1v) is 7.24. The van der Waals surface area contributed by atoms with Crippen molar-refractivity contribution in [3.8, 4) is 0 Å². The Morgan fingerprint density at radius 2 is 2.05 bits per heavy atom. The molecule has 0 N–H and O–H groups in total. The molecule has 1 amide bonds. The summed E-state index contributed by atoms with van der Waals surface area (Å²) in [6.07, 6.45) is 11.3. The third kappa shape index (κ3) is 2.86. The van der Waals surface area contributed by atoms with Gasteiger partial charge in [0.05, 0.1) is 0 Å². The zero-order valence-electron chi connectivity index (χ0n) is 11.2. The van der Waals surface area contributed by atoms with E-state index in [2.05, 4.69) is 11.1 Å². The smallest absolute Gasteiger partial charge is 0.232 e. The number of nitrogens with zero attached hydrogens (tertiary/aromatic N) is 2. The molecular weight excluding hydrogens is 236 g/mol. The normalized spacial score (nSPS) is 23.3. The van der Waals surface area contributed by atoms with Gasteiger partial charge in [0.1, 0.15) is 5.82 Å². The maximum Gasteiger partial charge on any atom is 0.232 e. The second-order valence-electron chi connectivity index (χ2n) is 5.57. The van der Waals surface area contributed by atoms with Gasteiger partial charge in [0, 0.05) is 19.2 Å². The van der Waals surface area contributed by atoms with Crippen LogP contribution in [0.2, 0.25) is 0 Å². The van der Waals surface area contributed by atoms with Gasteiger partial charge in [-0.15, -0.1) is 0 Å². The van der Waals surface area contributed by atoms with Crippen LogP contribution >= 0.6 is 0 Å². The molecule has 1 aliphatic heterocycles. The van der Waals surface area contributed by atoms with Crippen molar-refractivity contribution < 1.29 is 4.79 Å². The second-order valence-corrected chi connectivity index (χ2v) is 5.57. The minimum Gasteiger partial charge on any atom is -0.292 e. The Labute approximate surface area is 114 Å². The van der Waals surface area contributed by atoms with Gasteiger partial charge in [-0.3, -0.25) is 9.69 Å². The number of carbonyl (C=O) groups excluding carboxylic acids is 1. The molecule has 1 aromatic rings. The lowest BCUT2D eigenvalue weighted by molar-refractivity contribution is -0.116. The van der Waals surface area contributed by atoms with E-state index in [-0.39, 0.29) is 5.91 Å². The van der Waals surface area contributed by atoms with E-state index in [1.807, 2.05) is 18.2 Å². The molecule has 3 nitrogen and oxygen atoms in total. The summed E-state index contributed by atoms with van der Waals surface area (Å²) in [6, 6.07) is 5.71. The van der Waals surface area contributed by atoms with Gasteiger partial charge in [-0.1, -0.05) is 31.4 Å². The molecule has 2 fully saturated rings. The monoisotopic (exact) mass is 256 g/mol. The van der Waals surface area contributed by atoms with Gasteiger partial charge in [-0.2, -0.15) is 0 Å². The molecule has 0 atom stereocenters. The van der Waals surface area contributed by atoms with Crippen LogP contribution in [-0.4, -0.2) is 17.4 Å². The summed E-state index contributed by atoms with van der Waals surface area (Å²) in [4.78, 5) is 18.1. The second kappa shape index (κ2) is 5.55. The zero-order valence-corrected chi connectivity index (χ0v) is 11.2. The van der Waals surface area contributed by atoms with Crippen LogP contribution < -0.4 is 4.90 Å². The first-order valence-electron chi connectivity index (χ1n) is 7.24. The van der Waals surface area contributed by atoms with Crippen molar-refractivity contribution in [2.75, 3.05) is 11.4 Å².